The SMILES string of the molecule is C.CC(=N)CCCC(O)C(=O)C(C)C.CC(C)C(=O)C(O)CN=C(N)N.CC(N)=NCCCC(O)C(=O)C(C)C. The van der Waals surface area contributed by atoms with Gasteiger partial charge >= 0.3 is 0 Å². The predicted molar refractivity (Wildman–Crippen MR) is 164 cm³/mol. The average Bonchev–Trinajstić information content (AvgIpc) is 2.83. The Balaban J connectivity index is -0.000000241. The number of aliphatic imine (C=N–C) groups is 2. The van der Waals surface area contributed by atoms with Crippen molar-refractivity contribution >= 4 is 34.9 Å². The van der Waals surface area contributed by atoms with E-state index in [1.165, 1.54) is 0 Å². The number of aliphatic hydroxyl groups is 3. The number of ketones is 3. The Bertz CT molecular complexity index is 788. The lowest BCUT2D eigenvalue weighted by atomic mass is 9.99. The van der Waals surface area contributed by atoms with Crippen molar-refractivity contribution in [3.8, 4) is 0 Å². The molecule has 0 fully saturated rings. The Hall–Kier alpha value is -2.70. The predicted octanol–water partition coefficient (Wildman–Crippen LogP) is 1.99. The highest BCUT2D eigenvalue weighted by Crippen LogP contribution is 2.08. The molecule has 0 aromatic heterocycles. The molecule has 12 nitrogen and oxygen atoms in total. The van der Waals surface area contributed by atoms with Crippen molar-refractivity contribution in [1.82, 2.24) is 0 Å². The van der Waals surface area contributed by atoms with E-state index in [2.05, 4.69) is 9.98 Å². The van der Waals surface area contributed by atoms with E-state index in [-0.39, 0.29) is 55.0 Å². The van der Waals surface area contributed by atoms with Crippen LogP contribution >= 0.6 is 0 Å². The van der Waals surface area contributed by atoms with Crippen molar-refractivity contribution in [2.24, 2.45) is 44.9 Å². The Kier molecular flexibility index (Phi) is 28.0. The fraction of sp³-hybridized carbons (Fsp3) is 0.786. The molecule has 0 heterocycles. The normalized spacial score (nSPS) is 13.1. The average molecular weight is 575 g/mol. The molecule has 0 spiro atoms. The van der Waals surface area contributed by atoms with Crippen LogP contribution in [0.4, 0.5) is 0 Å². The molecular formula is C28H58N6O6. The van der Waals surface area contributed by atoms with Gasteiger partial charge in [-0.3, -0.25) is 24.4 Å². The molecule has 40 heavy (non-hydrogen) atoms. The van der Waals surface area contributed by atoms with Crippen LogP contribution in [0.2, 0.25) is 0 Å². The van der Waals surface area contributed by atoms with Gasteiger partial charge in [0.2, 0.25) is 0 Å². The summed E-state index contributed by atoms with van der Waals surface area (Å²) in [6.07, 6.45) is 0.252. The second-order valence-electron chi connectivity index (χ2n) is 10.3. The number of amidine groups is 1. The van der Waals surface area contributed by atoms with Crippen molar-refractivity contribution in [3.05, 3.63) is 0 Å². The van der Waals surface area contributed by atoms with Gasteiger partial charge in [0.25, 0.3) is 0 Å². The van der Waals surface area contributed by atoms with Gasteiger partial charge in [0.05, 0.1) is 12.4 Å². The number of nitrogens with one attached hydrogen (secondary N) is 1. The molecule has 12 heteroatoms. The van der Waals surface area contributed by atoms with Crippen LogP contribution in [-0.4, -0.2) is 81.6 Å². The van der Waals surface area contributed by atoms with Gasteiger partial charge in [-0.25, -0.2) is 0 Å². The first-order valence-corrected chi connectivity index (χ1v) is 13.4. The van der Waals surface area contributed by atoms with Gasteiger partial charge in [-0.15, -0.1) is 0 Å². The van der Waals surface area contributed by atoms with E-state index in [1.54, 1.807) is 55.4 Å². The molecule has 3 atom stereocenters. The van der Waals surface area contributed by atoms with Gasteiger partial charge < -0.3 is 37.9 Å². The van der Waals surface area contributed by atoms with Crippen molar-refractivity contribution in [2.75, 3.05) is 13.1 Å². The molecule has 0 aliphatic rings. The maximum atomic E-state index is 11.3. The van der Waals surface area contributed by atoms with Crippen molar-refractivity contribution in [1.29, 1.82) is 5.41 Å². The largest absolute Gasteiger partial charge is 0.388 e. The zero-order chi connectivity index (χ0) is 31.3. The molecule has 0 aromatic rings. The van der Waals surface area contributed by atoms with Gasteiger partial charge in [0.1, 0.15) is 18.3 Å². The summed E-state index contributed by atoms with van der Waals surface area (Å²) in [6, 6.07) is 0. The monoisotopic (exact) mass is 574 g/mol. The van der Waals surface area contributed by atoms with Gasteiger partial charge in [-0.05, 0) is 46.0 Å². The van der Waals surface area contributed by atoms with Gasteiger partial charge in [0, 0.05) is 30.0 Å². The number of nitrogens with two attached hydrogens (primary N) is 3. The summed E-state index contributed by atoms with van der Waals surface area (Å²) < 4.78 is 0. The fourth-order valence-electron chi connectivity index (χ4n) is 2.82. The minimum absolute atomic E-state index is 0. The summed E-state index contributed by atoms with van der Waals surface area (Å²) in [5.74, 6) is -0.434. The summed E-state index contributed by atoms with van der Waals surface area (Å²) in [5, 5.41) is 35.1. The van der Waals surface area contributed by atoms with Crippen LogP contribution in [0.1, 0.15) is 94.9 Å². The summed E-state index contributed by atoms with van der Waals surface area (Å²) in [6.45, 7) is 14.5. The molecular weight excluding hydrogens is 516 g/mol. The zero-order valence-corrected chi connectivity index (χ0v) is 25.1. The summed E-state index contributed by atoms with van der Waals surface area (Å²) in [5.41, 5.74) is 16.0. The first-order chi connectivity index (χ1) is 17.8. The number of Topliss-reactive ketones (excluding diaryl/α,β-unsaturated/α-hetero) is 3. The molecule has 0 saturated carbocycles. The van der Waals surface area contributed by atoms with Crippen LogP contribution in [0.25, 0.3) is 0 Å². The third-order valence-electron chi connectivity index (χ3n) is 5.17. The summed E-state index contributed by atoms with van der Waals surface area (Å²) in [4.78, 5) is 41.0. The van der Waals surface area contributed by atoms with Crippen LogP contribution < -0.4 is 17.2 Å². The molecule has 0 radical (unpaired) electrons. The Labute approximate surface area is 241 Å². The maximum absolute atomic E-state index is 11.3. The summed E-state index contributed by atoms with van der Waals surface area (Å²) >= 11 is 0. The molecule has 3 unspecified atom stereocenters. The smallest absolute Gasteiger partial charge is 0.186 e. The topological polar surface area (TPSA) is 239 Å². The van der Waals surface area contributed by atoms with E-state index >= 15 is 0 Å². The van der Waals surface area contributed by atoms with Crippen molar-refractivity contribution in [3.63, 3.8) is 0 Å². The van der Waals surface area contributed by atoms with E-state index in [0.717, 1.165) is 6.42 Å². The molecule has 0 amide bonds. The van der Waals surface area contributed by atoms with E-state index in [4.69, 9.17) is 27.7 Å². The van der Waals surface area contributed by atoms with Crippen LogP contribution in [0.15, 0.2) is 9.98 Å². The van der Waals surface area contributed by atoms with E-state index < -0.39 is 18.3 Å². The number of rotatable bonds is 16. The number of aliphatic hydroxyl groups excluding tert-OH is 3. The van der Waals surface area contributed by atoms with E-state index in [0.29, 0.717) is 43.8 Å². The van der Waals surface area contributed by atoms with Crippen LogP contribution in [0.3, 0.4) is 0 Å². The zero-order valence-electron chi connectivity index (χ0n) is 25.1. The third-order valence-corrected chi connectivity index (χ3v) is 5.17. The molecule has 0 aliphatic heterocycles. The lowest BCUT2D eigenvalue weighted by Gasteiger charge is -2.11. The second-order valence-corrected chi connectivity index (χ2v) is 10.3. The summed E-state index contributed by atoms with van der Waals surface area (Å²) in [7, 11) is 0. The standard InChI is InChI=1S/C10H20N2O2.C10H19NO2.C7H15N3O2.CH4/c1-7(2)10(14)9(13)5-4-6-12-8(3)11;1-7(2)10(13)9(12)6-4-5-8(3)11;1-4(2)6(12)5(11)3-10-7(8)9;/h7,9,13H,4-6H2,1-3H3,(H2,11,12);7,9,11-12H,4-6H2,1-3H3;4-5,11H,3H2,1-2H3,(H4,8,9,10);1H4. The van der Waals surface area contributed by atoms with Crippen LogP contribution in [0, 0.1) is 23.2 Å². The van der Waals surface area contributed by atoms with Crippen molar-refractivity contribution in [2.45, 2.75) is 113 Å². The molecule has 0 rings (SSSR count). The van der Waals surface area contributed by atoms with Gasteiger partial charge in [-0.2, -0.15) is 0 Å². The van der Waals surface area contributed by atoms with E-state index in [9.17, 15) is 24.6 Å². The number of carbonyl (C=O) groups excluding carboxylic acids is 3. The highest BCUT2D eigenvalue weighted by molar-refractivity contribution is 5.86. The number of guanidine groups is 1. The molecule has 0 aliphatic carbocycles. The lowest BCUT2D eigenvalue weighted by Crippen LogP contribution is -2.30. The molecule has 236 valence electrons. The minimum Gasteiger partial charge on any atom is -0.388 e. The Morgan fingerprint density at radius 2 is 1.07 bits per heavy atom. The molecule has 0 bridgehead atoms. The lowest BCUT2D eigenvalue weighted by molar-refractivity contribution is -0.131. The highest BCUT2D eigenvalue weighted by atomic mass is 16.3. The van der Waals surface area contributed by atoms with Crippen molar-refractivity contribution < 1.29 is 29.7 Å². The first-order valence-electron chi connectivity index (χ1n) is 13.4. The number of hydrogen-bond acceptors (Lipinski definition) is 9. The maximum Gasteiger partial charge on any atom is 0.186 e. The number of hydrogen-bond donors (Lipinski definition) is 7. The number of nitrogens with zero attached hydrogens (tertiary/aromatic N) is 2. The quantitative estimate of drug-likeness (QED) is 0.0808. The highest BCUT2D eigenvalue weighted by Gasteiger charge is 2.19. The Morgan fingerprint density at radius 3 is 1.40 bits per heavy atom. The Morgan fingerprint density at radius 1 is 0.700 bits per heavy atom. The molecule has 10 N–H and O–H groups in total. The molecule has 0 saturated heterocycles. The number of carbonyl (C=O) groups is 3. The van der Waals surface area contributed by atoms with Gasteiger partial charge in [-0.1, -0.05) is 49.0 Å². The van der Waals surface area contributed by atoms with E-state index in [1.807, 2.05) is 0 Å². The third kappa shape index (κ3) is 26.9. The van der Waals surface area contributed by atoms with Gasteiger partial charge in [0.15, 0.2) is 23.3 Å². The fourth-order valence-corrected chi connectivity index (χ4v) is 2.82. The minimum atomic E-state index is -1.09. The van der Waals surface area contributed by atoms with Crippen LogP contribution in [0.5, 0.6) is 0 Å². The molecule has 0 aromatic carbocycles. The van der Waals surface area contributed by atoms with Crippen LogP contribution in [-0.2, 0) is 14.4 Å². The second kappa shape index (κ2) is 25.3. The first kappa shape index (κ1) is 44.3.